The summed E-state index contributed by atoms with van der Waals surface area (Å²) in [4.78, 5) is 26.7. The fourth-order valence-corrected chi connectivity index (χ4v) is 2.00. The third-order valence-electron chi connectivity index (χ3n) is 3.03. The number of morpholine rings is 1. The van der Waals surface area contributed by atoms with E-state index in [-0.39, 0.29) is 18.4 Å². The maximum absolute atomic E-state index is 11.8. The van der Waals surface area contributed by atoms with Gasteiger partial charge in [0.1, 0.15) is 0 Å². The number of likely N-dealkylation sites (tertiary alicyclic amines) is 1. The quantitative estimate of drug-likeness (QED) is 0.617. The van der Waals surface area contributed by atoms with E-state index in [1.807, 2.05) is 0 Å². The number of hydrogen-bond acceptors (Lipinski definition) is 4. The van der Waals surface area contributed by atoms with Gasteiger partial charge in [0.2, 0.25) is 11.8 Å². The van der Waals surface area contributed by atoms with Crippen LogP contribution in [0.3, 0.4) is 0 Å². The van der Waals surface area contributed by atoms with Crippen LogP contribution in [0.25, 0.3) is 0 Å². The highest BCUT2D eigenvalue weighted by molar-refractivity contribution is 5.88. The highest BCUT2D eigenvalue weighted by Crippen LogP contribution is 2.09. The fourth-order valence-electron chi connectivity index (χ4n) is 2.00. The summed E-state index contributed by atoms with van der Waals surface area (Å²) in [5, 5.41) is 0. The van der Waals surface area contributed by atoms with Crippen molar-refractivity contribution in [2.24, 2.45) is 5.73 Å². The molecule has 0 unspecified atom stereocenters. The molecule has 2 heterocycles. The number of rotatable bonds is 2. The van der Waals surface area contributed by atoms with Crippen LogP contribution in [-0.2, 0) is 14.3 Å². The van der Waals surface area contributed by atoms with E-state index >= 15 is 0 Å². The van der Waals surface area contributed by atoms with Gasteiger partial charge < -0.3 is 20.3 Å². The first-order valence-electron chi connectivity index (χ1n) is 5.58. The summed E-state index contributed by atoms with van der Waals surface area (Å²) in [6.45, 7) is 3.15. The first-order chi connectivity index (χ1) is 7.68. The number of nitrogens with zero attached hydrogens (tertiary/aromatic N) is 2. The summed E-state index contributed by atoms with van der Waals surface area (Å²) in [5.41, 5.74) is 5.59. The molecule has 0 aromatic carbocycles. The Morgan fingerprint density at radius 2 is 2.06 bits per heavy atom. The Morgan fingerprint density at radius 3 is 2.62 bits per heavy atom. The van der Waals surface area contributed by atoms with Crippen molar-refractivity contribution in [3.8, 4) is 0 Å². The van der Waals surface area contributed by atoms with E-state index in [2.05, 4.69) is 0 Å². The molecule has 0 spiro atoms. The number of nitrogens with two attached hydrogens (primary N) is 1. The lowest BCUT2D eigenvalue weighted by Crippen LogP contribution is -2.47. The fraction of sp³-hybridized carbons (Fsp3) is 0.800. The lowest BCUT2D eigenvalue weighted by Gasteiger charge is -2.28. The molecule has 2 aliphatic heterocycles. The number of ether oxygens (including phenoxy) is 1. The van der Waals surface area contributed by atoms with Crippen molar-refractivity contribution >= 4 is 11.8 Å². The molecule has 6 heteroatoms. The molecular formula is C10H17N3O3. The van der Waals surface area contributed by atoms with Gasteiger partial charge in [-0.2, -0.15) is 0 Å². The van der Waals surface area contributed by atoms with E-state index in [1.165, 1.54) is 0 Å². The molecule has 2 saturated heterocycles. The SMILES string of the molecule is N[C@H]1CCN(CC(=O)N2CCOCC2)C1=O. The molecule has 0 radical (unpaired) electrons. The third kappa shape index (κ3) is 2.33. The van der Waals surface area contributed by atoms with Crippen molar-refractivity contribution in [3.63, 3.8) is 0 Å². The Hall–Kier alpha value is -1.14. The molecule has 0 aromatic rings. The summed E-state index contributed by atoms with van der Waals surface area (Å²) in [6.07, 6.45) is 0.648. The Morgan fingerprint density at radius 1 is 1.38 bits per heavy atom. The second-order valence-corrected chi connectivity index (χ2v) is 4.15. The highest BCUT2D eigenvalue weighted by Gasteiger charge is 2.31. The Labute approximate surface area is 94.3 Å². The molecule has 0 saturated carbocycles. The zero-order valence-electron chi connectivity index (χ0n) is 9.22. The van der Waals surface area contributed by atoms with Crippen LogP contribution >= 0.6 is 0 Å². The first-order valence-corrected chi connectivity index (χ1v) is 5.58. The second kappa shape index (κ2) is 4.80. The third-order valence-corrected chi connectivity index (χ3v) is 3.03. The van der Waals surface area contributed by atoms with Gasteiger partial charge in [0.05, 0.1) is 25.8 Å². The average molecular weight is 227 g/mol. The molecular weight excluding hydrogens is 210 g/mol. The van der Waals surface area contributed by atoms with Crippen molar-refractivity contribution in [2.75, 3.05) is 39.4 Å². The Bertz CT molecular complexity index is 289. The van der Waals surface area contributed by atoms with E-state index in [0.29, 0.717) is 39.3 Å². The van der Waals surface area contributed by atoms with Crippen molar-refractivity contribution in [1.82, 2.24) is 9.80 Å². The molecule has 0 aliphatic carbocycles. The molecule has 6 nitrogen and oxygen atoms in total. The van der Waals surface area contributed by atoms with Crippen LogP contribution in [0.1, 0.15) is 6.42 Å². The first kappa shape index (κ1) is 11.3. The molecule has 2 fully saturated rings. The van der Waals surface area contributed by atoms with E-state index < -0.39 is 6.04 Å². The number of hydrogen-bond donors (Lipinski definition) is 1. The predicted molar refractivity (Wildman–Crippen MR) is 56.6 cm³/mol. The Balaban J connectivity index is 1.84. The number of carbonyl (C=O) groups excluding carboxylic acids is 2. The minimum Gasteiger partial charge on any atom is -0.378 e. The molecule has 2 amide bonds. The van der Waals surface area contributed by atoms with E-state index in [1.54, 1.807) is 9.80 Å². The van der Waals surface area contributed by atoms with Gasteiger partial charge >= 0.3 is 0 Å². The van der Waals surface area contributed by atoms with Gasteiger partial charge in [0.15, 0.2) is 0 Å². The standard InChI is InChI=1S/C10H17N3O3/c11-8-1-2-13(10(8)15)7-9(14)12-3-5-16-6-4-12/h8H,1-7,11H2/t8-/m0/s1. The van der Waals surface area contributed by atoms with Gasteiger partial charge in [0.25, 0.3) is 0 Å². The monoisotopic (exact) mass is 227 g/mol. The summed E-state index contributed by atoms with van der Waals surface area (Å²) in [6, 6.07) is -0.419. The molecule has 2 N–H and O–H groups in total. The van der Waals surface area contributed by atoms with Crippen molar-refractivity contribution in [3.05, 3.63) is 0 Å². The molecule has 0 aromatic heterocycles. The predicted octanol–water partition coefficient (Wildman–Crippen LogP) is -1.60. The molecule has 2 rings (SSSR count). The summed E-state index contributed by atoms with van der Waals surface area (Å²) in [7, 11) is 0. The minimum atomic E-state index is -0.419. The minimum absolute atomic E-state index is 0.00856. The van der Waals surface area contributed by atoms with Gasteiger partial charge in [-0.05, 0) is 6.42 Å². The van der Waals surface area contributed by atoms with Gasteiger partial charge in [-0.15, -0.1) is 0 Å². The van der Waals surface area contributed by atoms with Gasteiger partial charge in [-0.25, -0.2) is 0 Å². The van der Waals surface area contributed by atoms with E-state index in [9.17, 15) is 9.59 Å². The van der Waals surface area contributed by atoms with Crippen LogP contribution in [0.4, 0.5) is 0 Å². The maximum Gasteiger partial charge on any atom is 0.242 e. The zero-order valence-corrected chi connectivity index (χ0v) is 9.22. The Kier molecular flexibility index (Phi) is 3.40. The molecule has 90 valence electrons. The molecule has 16 heavy (non-hydrogen) atoms. The van der Waals surface area contributed by atoms with Crippen LogP contribution in [-0.4, -0.2) is 67.0 Å². The number of amides is 2. The largest absolute Gasteiger partial charge is 0.378 e. The molecule has 2 aliphatic rings. The van der Waals surface area contributed by atoms with Crippen molar-refractivity contribution in [2.45, 2.75) is 12.5 Å². The topological polar surface area (TPSA) is 75.9 Å². The molecule has 0 bridgehead atoms. The summed E-state index contributed by atoms with van der Waals surface area (Å²) in [5.74, 6) is -0.118. The van der Waals surface area contributed by atoms with Crippen molar-refractivity contribution < 1.29 is 14.3 Å². The van der Waals surface area contributed by atoms with Crippen molar-refractivity contribution in [1.29, 1.82) is 0 Å². The maximum atomic E-state index is 11.8. The van der Waals surface area contributed by atoms with Crippen LogP contribution in [0.5, 0.6) is 0 Å². The summed E-state index contributed by atoms with van der Waals surface area (Å²) < 4.78 is 5.16. The zero-order chi connectivity index (χ0) is 11.5. The lowest BCUT2D eigenvalue weighted by molar-refractivity contribution is -0.141. The van der Waals surface area contributed by atoms with Crippen LogP contribution in [0.2, 0.25) is 0 Å². The van der Waals surface area contributed by atoms with Gasteiger partial charge in [0, 0.05) is 19.6 Å². The lowest BCUT2D eigenvalue weighted by atomic mass is 10.3. The van der Waals surface area contributed by atoms with Gasteiger partial charge in [-0.1, -0.05) is 0 Å². The summed E-state index contributed by atoms with van der Waals surface area (Å²) >= 11 is 0. The number of carbonyl (C=O) groups is 2. The van der Waals surface area contributed by atoms with E-state index in [4.69, 9.17) is 10.5 Å². The molecule has 1 atom stereocenters. The average Bonchev–Trinajstić information content (AvgIpc) is 2.62. The van der Waals surface area contributed by atoms with Crippen LogP contribution in [0, 0.1) is 0 Å². The highest BCUT2D eigenvalue weighted by atomic mass is 16.5. The smallest absolute Gasteiger partial charge is 0.242 e. The second-order valence-electron chi connectivity index (χ2n) is 4.15. The van der Waals surface area contributed by atoms with Gasteiger partial charge in [-0.3, -0.25) is 9.59 Å². The normalized spacial score (nSPS) is 26.3. The van der Waals surface area contributed by atoms with Crippen LogP contribution < -0.4 is 5.73 Å². The van der Waals surface area contributed by atoms with E-state index in [0.717, 1.165) is 0 Å². The van der Waals surface area contributed by atoms with Crippen LogP contribution in [0.15, 0.2) is 0 Å².